The van der Waals surface area contributed by atoms with Crippen LogP contribution in [0.3, 0.4) is 0 Å². The maximum Gasteiger partial charge on any atom is 0.222 e. The van der Waals surface area contributed by atoms with E-state index in [4.69, 9.17) is 0 Å². The summed E-state index contributed by atoms with van der Waals surface area (Å²) < 4.78 is 0. The van der Waals surface area contributed by atoms with E-state index in [1.165, 1.54) is 6.42 Å². The molecule has 1 aliphatic heterocycles. The van der Waals surface area contributed by atoms with Gasteiger partial charge in [0, 0.05) is 13.0 Å². The molecule has 0 spiro atoms. The van der Waals surface area contributed by atoms with E-state index in [0.29, 0.717) is 24.4 Å². The molecule has 0 unspecified atom stereocenters. The Morgan fingerprint density at radius 3 is 2.64 bits per heavy atom. The summed E-state index contributed by atoms with van der Waals surface area (Å²) in [5.74, 6) is 0.702. The van der Waals surface area contributed by atoms with Gasteiger partial charge in [-0.3, -0.25) is 4.79 Å². The molecule has 1 atom stereocenters. The van der Waals surface area contributed by atoms with E-state index >= 15 is 0 Å². The van der Waals surface area contributed by atoms with Crippen molar-refractivity contribution in [2.24, 2.45) is 5.92 Å². The third kappa shape index (κ3) is 6.01. The van der Waals surface area contributed by atoms with Gasteiger partial charge in [-0.2, -0.15) is 0 Å². The van der Waals surface area contributed by atoms with Gasteiger partial charge in [0.2, 0.25) is 5.91 Å². The highest BCUT2D eigenvalue weighted by molar-refractivity contribution is 5.76. The molecule has 0 aliphatic carbocycles. The second-order valence-electron chi connectivity index (χ2n) is 7.03. The number of hydrogen-bond donors (Lipinski definition) is 2. The molecule has 5 heteroatoms. The number of aliphatic hydroxyl groups excluding tert-OH is 1. The lowest BCUT2D eigenvalue weighted by molar-refractivity contribution is -0.133. The highest BCUT2D eigenvalue weighted by atomic mass is 16.3. The molecule has 0 aromatic heterocycles. The number of amides is 1. The molecule has 1 aromatic rings. The van der Waals surface area contributed by atoms with Crippen LogP contribution in [0.1, 0.15) is 51.2 Å². The lowest BCUT2D eigenvalue weighted by atomic mass is 9.92. The van der Waals surface area contributed by atoms with E-state index in [1.807, 2.05) is 6.92 Å². The standard InChI is InChI=1S/C20H32N2O3/c1-3-10-21-11-8-16(9-12-21)13-20(25)22(4-2)15-19(24)17-6-5-7-18(23)14-17/h5-7,14,16,19,23-24H,3-4,8-13,15H2,1-2H3/t19-/m0/s1. The number of rotatable bonds is 8. The molecule has 140 valence electrons. The van der Waals surface area contributed by atoms with Crippen molar-refractivity contribution in [3.05, 3.63) is 29.8 Å². The topological polar surface area (TPSA) is 64.0 Å². The number of likely N-dealkylation sites (tertiary alicyclic amines) is 1. The predicted molar refractivity (Wildman–Crippen MR) is 99.4 cm³/mol. The number of likely N-dealkylation sites (N-methyl/N-ethyl adjacent to an activating group) is 1. The first-order valence-electron chi connectivity index (χ1n) is 9.50. The number of aromatic hydroxyl groups is 1. The van der Waals surface area contributed by atoms with E-state index in [9.17, 15) is 15.0 Å². The molecule has 0 bridgehead atoms. The molecule has 2 rings (SSSR count). The maximum atomic E-state index is 12.6. The van der Waals surface area contributed by atoms with Crippen LogP contribution in [0.25, 0.3) is 0 Å². The molecule has 1 heterocycles. The molecule has 1 aromatic carbocycles. The lowest BCUT2D eigenvalue weighted by Gasteiger charge is -2.33. The number of aliphatic hydroxyl groups is 1. The van der Waals surface area contributed by atoms with Crippen molar-refractivity contribution in [1.29, 1.82) is 0 Å². The van der Waals surface area contributed by atoms with Crippen LogP contribution in [0.4, 0.5) is 0 Å². The SMILES string of the molecule is CCCN1CCC(CC(=O)N(CC)C[C@H](O)c2cccc(O)c2)CC1. The fourth-order valence-corrected chi connectivity index (χ4v) is 3.56. The predicted octanol–water partition coefficient (Wildman–Crippen LogP) is 2.79. The third-order valence-electron chi connectivity index (χ3n) is 5.09. The summed E-state index contributed by atoms with van der Waals surface area (Å²) in [4.78, 5) is 16.8. The van der Waals surface area contributed by atoms with Crippen molar-refractivity contribution in [1.82, 2.24) is 9.80 Å². The average molecular weight is 348 g/mol. The molecule has 1 amide bonds. The monoisotopic (exact) mass is 348 g/mol. The summed E-state index contributed by atoms with van der Waals surface area (Å²) in [6.45, 7) is 8.33. The zero-order chi connectivity index (χ0) is 18.2. The van der Waals surface area contributed by atoms with Crippen LogP contribution in [0.5, 0.6) is 5.75 Å². The highest BCUT2D eigenvalue weighted by Gasteiger charge is 2.24. The summed E-state index contributed by atoms with van der Waals surface area (Å²) in [6.07, 6.45) is 3.14. The van der Waals surface area contributed by atoms with Crippen molar-refractivity contribution in [2.75, 3.05) is 32.7 Å². The van der Waals surface area contributed by atoms with Gasteiger partial charge in [0.1, 0.15) is 5.75 Å². The van der Waals surface area contributed by atoms with Gasteiger partial charge in [-0.15, -0.1) is 0 Å². The van der Waals surface area contributed by atoms with Gasteiger partial charge in [-0.25, -0.2) is 0 Å². The number of benzene rings is 1. The second-order valence-corrected chi connectivity index (χ2v) is 7.03. The first-order valence-corrected chi connectivity index (χ1v) is 9.50. The molecule has 25 heavy (non-hydrogen) atoms. The first kappa shape index (κ1) is 19.7. The van der Waals surface area contributed by atoms with Crippen molar-refractivity contribution in [3.63, 3.8) is 0 Å². The summed E-state index contributed by atoms with van der Waals surface area (Å²) in [7, 11) is 0. The van der Waals surface area contributed by atoms with Gasteiger partial charge in [0.15, 0.2) is 0 Å². The van der Waals surface area contributed by atoms with Crippen LogP contribution < -0.4 is 0 Å². The average Bonchev–Trinajstić information content (AvgIpc) is 2.61. The van der Waals surface area contributed by atoms with Crippen molar-refractivity contribution < 1.29 is 15.0 Å². The molecule has 0 saturated carbocycles. The van der Waals surface area contributed by atoms with Crippen molar-refractivity contribution in [2.45, 2.75) is 45.6 Å². The first-order chi connectivity index (χ1) is 12.0. The smallest absolute Gasteiger partial charge is 0.222 e. The van der Waals surface area contributed by atoms with E-state index in [2.05, 4.69) is 11.8 Å². The van der Waals surface area contributed by atoms with Crippen molar-refractivity contribution in [3.8, 4) is 5.75 Å². The van der Waals surface area contributed by atoms with Crippen LogP contribution in [0.2, 0.25) is 0 Å². The van der Waals surface area contributed by atoms with Gasteiger partial charge in [0.25, 0.3) is 0 Å². The number of phenols is 1. The van der Waals surface area contributed by atoms with Crippen LogP contribution in [-0.4, -0.2) is 58.6 Å². The Kier molecular flexibility index (Phi) is 7.72. The summed E-state index contributed by atoms with van der Waals surface area (Å²) in [6, 6.07) is 6.60. The van der Waals surface area contributed by atoms with Gasteiger partial charge in [0.05, 0.1) is 12.6 Å². The van der Waals surface area contributed by atoms with E-state index in [-0.39, 0.29) is 18.2 Å². The molecule has 1 saturated heterocycles. The van der Waals surface area contributed by atoms with Crippen LogP contribution in [0, 0.1) is 5.92 Å². The minimum Gasteiger partial charge on any atom is -0.508 e. The molecule has 5 nitrogen and oxygen atoms in total. The summed E-state index contributed by atoms with van der Waals surface area (Å²) >= 11 is 0. The molecular formula is C20H32N2O3. The normalized spacial score (nSPS) is 17.4. The molecule has 1 fully saturated rings. The number of piperidine rings is 1. The number of nitrogens with zero attached hydrogens (tertiary/aromatic N) is 2. The quantitative estimate of drug-likeness (QED) is 0.758. The maximum absolute atomic E-state index is 12.6. The molecule has 0 radical (unpaired) electrons. The van der Waals surface area contributed by atoms with Gasteiger partial charge >= 0.3 is 0 Å². The van der Waals surface area contributed by atoms with E-state index in [1.54, 1.807) is 29.2 Å². The molecule has 1 aliphatic rings. The van der Waals surface area contributed by atoms with Gasteiger partial charge < -0.3 is 20.0 Å². The Balaban J connectivity index is 1.84. The Morgan fingerprint density at radius 1 is 1.32 bits per heavy atom. The highest BCUT2D eigenvalue weighted by Crippen LogP contribution is 2.23. The number of phenolic OH excluding ortho intramolecular Hbond substituents is 1. The lowest BCUT2D eigenvalue weighted by Crippen LogP contribution is -2.39. The largest absolute Gasteiger partial charge is 0.508 e. The Hall–Kier alpha value is -1.59. The molecular weight excluding hydrogens is 316 g/mol. The second kappa shape index (κ2) is 9.78. The molecule has 2 N–H and O–H groups in total. The van der Waals surface area contributed by atoms with E-state index < -0.39 is 6.10 Å². The fourth-order valence-electron chi connectivity index (χ4n) is 3.56. The Bertz CT molecular complexity index is 541. The van der Waals surface area contributed by atoms with Crippen molar-refractivity contribution >= 4 is 5.91 Å². The fraction of sp³-hybridized carbons (Fsp3) is 0.650. The Morgan fingerprint density at radius 2 is 2.04 bits per heavy atom. The zero-order valence-electron chi connectivity index (χ0n) is 15.5. The van der Waals surface area contributed by atoms with E-state index in [0.717, 1.165) is 32.5 Å². The third-order valence-corrected chi connectivity index (χ3v) is 5.09. The van der Waals surface area contributed by atoms with Crippen LogP contribution >= 0.6 is 0 Å². The zero-order valence-corrected chi connectivity index (χ0v) is 15.5. The van der Waals surface area contributed by atoms with Crippen LogP contribution in [0.15, 0.2) is 24.3 Å². The minimum atomic E-state index is -0.776. The number of hydrogen-bond acceptors (Lipinski definition) is 4. The Labute approximate surface area is 151 Å². The number of carbonyl (C=O) groups excluding carboxylic acids is 1. The number of carbonyl (C=O) groups is 1. The minimum absolute atomic E-state index is 0.121. The van der Waals surface area contributed by atoms with Gasteiger partial charge in [-0.05, 0) is 69.4 Å². The summed E-state index contributed by atoms with van der Waals surface area (Å²) in [5, 5.41) is 19.9. The van der Waals surface area contributed by atoms with Crippen LogP contribution in [-0.2, 0) is 4.79 Å². The summed E-state index contributed by atoms with van der Waals surface area (Å²) in [5.41, 5.74) is 0.638. The van der Waals surface area contributed by atoms with Gasteiger partial charge in [-0.1, -0.05) is 19.1 Å².